The van der Waals surface area contributed by atoms with Crippen molar-refractivity contribution in [3.8, 4) is 11.5 Å². The Morgan fingerprint density at radius 3 is 2.60 bits per heavy atom. The van der Waals surface area contributed by atoms with Gasteiger partial charge >= 0.3 is 6.18 Å². The van der Waals surface area contributed by atoms with E-state index in [1.807, 2.05) is 22.6 Å². The molecule has 4 nitrogen and oxygen atoms in total. The Hall–Kier alpha value is -2.23. The van der Waals surface area contributed by atoms with E-state index < -0.39 is 17.6 Å². The molecule has 0 saturated carbocycles. The zero-order valence-electron chi connectivity index (χ0n) is 12.7. The van der Waals surface area contributed by atoms with E-state index in [9.17, 15) is 23.1 Å². The number of fused-ring (bicyclic) bond motifs is 1. The molecule has 0 atom stereocenters. The molecular weight excluding hydrogens is 450 g/mol. The summed E-state index contributed by atoms with van der Waals surface area (Å²) in [4.78, 5) is 12.2. The molecule has 0 radical (unpaired) electrons. The van der Waals surface area contributed by atoms with Crippen LogP contribution < -0.4 is 10.1 Å². The minimum Gasteiger partial charge on any atom is -0.504 e. The highest BCUT2D eigenvalue weighted by molar-refractivity contribution is 14.1. The molecule has 0 aromatic heterocycles. The van der Waals surface area contributed by atoms with Crippen LogP contribution in [0.4, 0.5) is 18.9 Å². The molecule has 0 saturated heterocycles. The van der Waals surface area contributed by atoms with Crippen LogP contribution in [-0.2, 0) is 11.0 Å². The smallest absolute Gasteiger partial charge is 0.416 e. The highest BCUT2D eigenvalue weighted by Gasteiger charge is 2.33. The number of hydrogen-bond acceptors (Lipinski definition) is 3. The van der Waals surface area contributed by atoms with Crippen LogP contribution in [0.3, 0.4) is 0 Å². The minimum absolute atomic E-state index is 0.0173. The fourth-order valence-electron chi connectivity index (χ4n) is 2.51. The minimum atomic E-state index is -4.48. The molecule has 0 spiro atoms. The van der Waals surface area contributed by atoms with Gasteiger partial charge in [-0.3, -0.25) is 4.79 Å². The summed E-state index contributed by atoms with van der Waals surface area (Å²) >= 11 is 1.92. The second-order valence-corrected chi connectivity index (χ2v) is 6.49. The fraction of sp³-hybridized carbons (Fsp3) is 0.118. The van der Waals surface area contributed by atoms with Gasteiger partial charge in [0, 0.05) is 16.8 Å². The zero-order valence-corrected chi connectivity index (χ0v) is 14.9. The summed E-state index contributed by atoms with van der Waals surface area (Å²) < 4.78 is 44.0. The fourth-order valence-corrected chi connectivity index (χ4v) is 3.14. The van der Waals surface area contributed by atoms with Crippen molar-refractivity contribution < 1.29 is 27.8 Å². The van der Waals surface area contributed by atoms with Gasteiger partial charge in [0.15, 0.2) is 11.5 Å². The number of amides is 1. The number of halogens is 4. The summed E-state index contributed by atoms with van der Waals surface area (Å²) in [7, 11) is 1.40. The van der Waals surface area contributed by atoms with Crippen LogP contribution in [0, 0.1) is 3.57 Å². The Morgan fingerprint density at radius 2 is 1.96 bits per heavy atom. The Kier molecular flexibility index (Phi) is 4.40. The topological polar surface area (TPSA) is 58.6 Å². The molecule has 1 amide bonds. The summed E-state index contributed by atoms with van der Waals surface area (Å²) in [5.74, 6) is -0.266. The summed E-state index contributed by atoms with van der Waals surface area (Å²) in [5, 5.41) is 12.3. The van der Waals surface area contributed by atoms with Crippen LogP contribution >= 0.6 is 22.6 Å². The SMILES string of the molecule is COc1cc(/C=C2\C(=O)Nc3cc(C(F)(F)F)ccc32)cc(I)c1O. The van der Waals surface area contributed by atoms with E-state index in [0.717, 1.165) is 12.1 Å². The number of carbonyl (C=O) groups excluding carboxylic acids is 1. The lowest BCUT2D eigenvalue weighted by molar-refractivity contribution is -0.137. The first-order valence-corrected chi connectivity index (χ1v) is 8.09. The van der Waals surface area contributed by atoms with Crippen LogP contribution in [0.15, 0.2) is 30.3 Å². The normalized spacial score (nSPS) is 15.2. The molecule has 0 unspecified atom stereocenters. The highest BCUT2D eigenvalue weighted by atomic mass is 127. The van der Waals surface area contributed by atoms with E-state index in [2.05, 4.69) is 5.32 Å². The molecule has 2 N–H and O–H groups in total. The molecule has 0 aliphatic carbocycles. The summed E-state index contributed by atoms with van der Waals surface area (Å²) in [6.45, 7) is 0. The summed E-state index contributed by atoms with van der Waals surface area (Å²) in [5.41, 5.74) is 0.504. The Morgan fingerprint density at radius 1 is 1.24 bits per heavy atom. The van der Waals surface area contributed by atoms with Gasteiger partial charge in [0.25, 0.3) is 5.91 Å². The molecule has 2 aromatic carbocycles. The van der Waals surface area contributed by atoms with E-state index >= 15 is 0 Å². The predicted octanol–water partition coefficient (Wildman–Crippen LogP) is 4.52. The molecule has 25 heavy (non-hydrogen) atoms. The molecule has 8 heteroatoms. The first kappa shape index (κ1) is 17.6. The predicted molar refractivity (Wildman–Crippen MR) is 95.3 cm³/mol. The van der Waals surface area contributed by atoms with Gasteiger partial charge in [0.1, 0.15) is 0 Å². The zero-order chi connectivity index (χ0) is 18.4. The van der Waals surface area contributed by atoms with E-state index in [4.69, 9.17) is 4.74 Å². The number of nitrogens with one attached hydrogen (secondary N) is 1. The molecule has 3 rings (SSSR count). The lowest BCUT2D eigenvalue weighted by atomic mass is 10.0. The lowest BCUT2D eigenvalue weighted by Crippen LogP contribution is -2.06. The van der Waals surface area contributed by atoms with Crippen LogP contribution in [0.25, 0.3) is 11.6 Å². The number of methoxy groups -OCH3 is 1. The number of phenols is 1. The molecule has 130 valence electrons. The molecule has 1 aliphatic heterocycles. The first-order valence-electron chi connectivity index (χ1n) is 7.02. The summed E-state index contributed by atoms with van der Waals surface area (Å²) in [6.07, 6.45) is -2.94. The second kappa shape index (κ2) is 6.25. The number of hydrogen-bond donors (Lipinski definition) is 2. The standard InChI is InChI=1S/C17H11F3INO3/c1-25-14-6-8(5-12(21)15(14)23)4-11-10-3-2-9(17(18,19)20)7-13(10)22-16(11)24/h2-7,23H,1H3,(H,22,24)/b11-4-. The largest absolute Gasteiger partial charge is 0.504 e. The number of ether oxygens (including phenoxy) is 1. The van der Waals surface area contributed by atoms with E-state index in [0.29, 0.717) is 14.7 Å². The number of aromatic hydroxyl groups is 1. The number of anilines is 1. The van der Waals surface area contributed by atoms with Crippen molar-refractivity contribution in [1.29, 1.82) is 0 Å². The molecule has 1 heterocycles. The maximum absolute atomic E-state index is 12.8. The maximum Gasteiger partial charge on any atom is 0.416 e. The van der Waals surface area contributed by atoms with E-state index in [-0.39, 0.29) is 22.8 Å². The van der Waals surface area contributed by atoms with Crippen LogP contribution in [-0.4, -0.2) is 18.1 Å². The lowest BCUT2D eigenvalue weighted by Gasteiger charge is -2.08. The van der Waals surface area contributed by atoms with Crippen molar-refractivity contribution in [1.82, 2.24) is 0 Å². The molecule has 2 aromatic rings. The third-order valence-electron chi connectivity index (χ3n) is 3.71. The van der Waals surface area contributed by atoms with Gasteiger partial charge < -0.3 is 15.2 Å². The van der Waals surface area contributed by atoms with E-state index in [1.165, 1.54) is 13.2 Å². The van der Waals surface area contributed by atoms with E-state index in [1.54, 1.807) is 18.2 Å². The van der Waals surface area contributed by atoms with Crippen LogP contribution in [0.2, 0.25) is 0 Å². The Bertz CT molecular complexity index is 907. The van der Waals surface area contributed by atoms with Crippen molar-refractivity contribution in [2.75, 3.05) is 12.4 Å². The van der Waals surface area contributed by atoms with Gasteiger partial charge in [-0.1, -0.05) is 6.07 Å². The average molecular weight is 461 g/mol. The third-order valence-corrected chi connectivity index (χ3v) is 4.53. The summed E-state index contributed by atoms with van der Waals surface area (Å²) in [6, 6.07) is 6.30. The highest BCUT2D eigenvalue weighted by Crippen LogP contribution is 2.39. The van der Waals surface area contributed by atoms with Gasteiger partial charge in [-0.25, -0.2) is 0 Å². The molecule has 1 aliphatic rings. The first-order chi connectivity index (χ1) is 11.7. The monoisotopic (exact) mass is 461 g/mol. The molecule has 0 fully saturated rings. The van der Waals surface area contributed by atoms with Gasteiger partial charge in [0.2, 0.25) is 0 Å². The van der Waals surface area contributed by atoms with Gasteiger partial charge in [-0.15, -0.1) is 0 Å². The van der Waals surface area contributed by atoms with Crippen LogP contribution in [0.5, 0.6) is 11.5 Å². The number of phenolic OH excluding ortho intramolecular Hbond substituents is 1. The number of alkyl halides is 3. The maximum atomic E-state index is 12.8. The van der Waals surface area contributed by atoms with Crippen LogP contribution in [0.1, 0.15) is 16.7 Å². The van der Waals surface area contributed by atoms with Crippen molar-refractivity contribution in [3.63, 3.8) is 0 Å². The van der Waals surface area contributed by atoms with Crippen molar-refractivity contribution in [2.45, 2.75) is 6.18 Å². The quantitative estimate of drug-likeness (QED) is 0.511. The Balaban J connectivity index is 2.07. The average Bonchev–Trinajstić information content (AvgIpc) is 2.85. The van der Waals surface area contributed by atoms with Crippen molar-refractivity contribution in [3.05, 3.63) is 50.6 Å². The number of benzene rings is 2. The Labute approximate surface area is 154 Å². The van der Waals surface area contributed by atoms with Gasteiger partial charge in [0.05, 0.1) is 16.2 Å². The van der Waals surface area contributed by atoms with Crippen molar-refractivity contribution in [2.24, 2.45) is 0 Å². The van der Waals surface area contributed by atoms with Gasteiger partial charge in [-0.05, 0) is 58.5 Å². The number of carbonyl (C=O) groups is 1. The van der Waals surface area contributed by atoms with Crippen molar-refractivity contribution >= 4 is 45.8 Å². The number of rotatable bonds is 2. The molecular formula is C17H11F3INO3. The third kappa shape index (κ3) is 3.30. The molecule has 0 bridgehead atoms. The van der Waals surface area contributed by atoms with Gasteiger partial charge in [-0.2, -0.15) is 13.2 Å². The second-order valence-electron chi connectivity index (χ2n) is 5.32.